The Labute approximate surface area is 199 Å². The van der Waals surface area contributed by atoms with Crippen LogP contribution in [0, 0.1) is 10.1 Å². The molecular formula is C22H34ClN5O5. The first kappa shape index (κ1) is 26.8. The van der Waals surface area contributed by atoms with Gasteiger partial charge in [-0.1, -0.05) is 24.1 Å². The van der Waals surface area contributed by atoms with Gasteiger partial charge in [0.25, 0.3) is 5.70 Å². The highest BCUT2D eigenvalue weighted by Gasteiger charge is 2.33. The number of aliphatic hydroxyl groups is 1. The summed E-state index contributed by atoms with van der Waals surface area (Å²) >= 11 is 5.86. The van der Waals surface area contributed by atoms with Gasteiger partial charge in [0, 0.05) is 39.5 Å². The van der Waals surface area contributed by atoms with Gasteiger partial charge in [-0.2, -0.15) is 0 Å². The molecule has 0 spiro atoms. The number of ether oxygens (including phenoxy) is 1. The Hall–Kier alpha value is -2.43. The Balaban J connectivity index is 1.95. The molecule has 2 rings (SSSR count). The van der Waals surface area contributed by atoms with Crippen molar-refractivity contribution in [3.63, 3.8) is 0 Å². The summed E-state index contributed by atoms with van der Waals surface area (Å²) in [7, 11) is 1.82. The highest BCUT2D eigenvalue weighted by atomic mass is 35.5. The van der Waals surface area contributed by atoms with Gasteiger partial charge in [0.15, 0.2) is 5.82 Å². The smallest absolute Gasteiger partial charge is 0.307 e. The van der Waals surface area contributed by atoms with Gasteiger partial charge in [0.2, 0.25) is 0 Å². The van der Waals surface area contributed by atoms with Crippen LogP contribution in [0.25, 0.3) is 0 Å². The number of hydrogen-bond donors (Lipinski definition) is 1. The van der Waals surface area contributed by atoms with Crippen LogP contribution in [0.3, 0.4) is 0 Å². The van der Waals surface area contributed by atoms with Crippen LogP contribution in [0.4, 0.5) is 0 Å². The summed E-state index contributed by atoms with van der Waals surface area (Å²) < 4.78 is 5.25. The summed E-state index contributed by atoms with van der Waals surface area (Å²) in [6.07, 6.45) is 5.20. The van der Waals surface area contributed by atoms with Crippen molar-refractivity contribution < 1.29 is 19.6 Å². The van der Waals surface area contributed by atoms with Crippen LogP contribution in [-0.2, 0) is 16.1 Å². The number of unbranched alkanes of at least 4 members (excludes halogenated alkanes) is 3. The molecule has 0 atom stereocenters. The SMILES string of the molecule is CCN(Cc1ccc(Cl)nc1)C1=C([N+](=O)[O-])CN(CCC(=O)OCCCCCCO)CN1C. The van der Waals surface area contributed by atoms with Gasteiger partial charge < -0.3 is 19.6 Å². The van der Waals surface area contributed by atoms with Crippen LogP contribution >= 0.6 is 11.6 Å². The molecule has 0 amide bonds. The van der Waals surface area contributed by atoms with Crippen molar-refractivity contribution in [2.24, 2.45) is 0 Å². The molecule has 10 nitrogen and oxygen atoms in total. The number of aromatic nitrogens is 1. The lowest BCUT2D eigenvalue weighted by Gasteiger charge is -2.39. The van der Waals surface area contributed by atoms with E-state index in [4.69, 9.17) is 21.4 Å². The molecule has 0 unspecified atom stereocenters. The number of pyridine rings is 1. The zero-order valence-electron chi connectivity index (χ0n) is 19.4. The topological polar surface area (TPSA) is 112 Å². The van der Waals surface area contributed by atoms with Gasteiger partial charge in [-0.05, 0) is 37.8 Å². The standard InChI is InChI=1S/C22H34ClN5O5/c1-3-27(15-18-8-9-20(23)24-14-18)22-19(28(31)32)16-26(17-25(22)2)11-10-21(30)33-13-7-5-4-6-12-29/h8-9,14,29H,3-7,10-13,15-17H2,1-2H3. The molecule has 1 aromatic heterocycles. The lowest BCUT2D eigenvalue weighted by atomic mass is 10.2. The average molecular weight is 484 g/mol. The lowest BCUT2D eigenvalue weighted by Crippen LogP contribution is -2.48. The first-order valence-corrected chi connectivity index (χ1v) is 11.7. The van der Waals surface area contributed by atoms with E-state index < -0.39 is 0 Å². The maximum absolute atomic E-state index is 12.0. The quantitative estimate of drug-likeness (QED) is 0.140. The van der Waals surface area contributed by atoms with E-state index >= 15 is 0 Å². The number of carbonyl (C=O) groups excluding carboxylic acids is 1. The second-order valence-electron chi connectivity index (χ2n) is 8.03. The van der Waals surface area contributed by atoms with Gasteiger partial charge >= 0.3 is 5.97 Å². The van der Waals surface area contributed by atoms with Crippen LogP contribution in [0.5, 0.6) is 0 Å². The van der Waals surface area contributed by atoms with Gasteiger partial charge in [-0.25, -0.2) is 4.98 Å². The van der Waals surface area contributed by atoms with Crippen LogP contribution in [0.2, 0.25) is 5.15 Å². The number of esters is 1. The summed E-state index contributed by atoms with van der Waals surface area (Å²) in [6, 6.07) is 3.56. The fourth-order valence-electron chi connectivity index (χ4n) is 3.76. The zero-order chi connectivity index (χ0) is 24.2. The molecular weight excluding hydrogens is 450 g/mol. The van der Waals surface area contributed by atoms with E-state index in [0.29, 0.717) is 43.9 Å². The lowest BCUT2D eigenvalue weighted by molar-refractivity contribution is -0.433. The fraction of sp³-hybridized carbons (Fsp3) is 0.636. The Bertz CT molecular complexity index is 805. The van der Waals surface area contributed by atoms with E-state index in [1.54, 1.807) is 12.3 Å². The van der Waals surface area contributed by atoms with Crippen molar-refractivity contribution in [3.05, 3.63) is 50.7 Å². The number of nitrogens with zero attached hydrogens (tertiary/aromatic N) is 5. The van der Waals surface area contributed by atoms with Gasteiger partial charge in [-0.15, -0.1) is 0 Å². The van der Waals surface area contributed by atoms with Gasteiger partial charge in [0.05, 0.1) is 31.2 Å². The maximum atomic E-state index is 12.0. The van der Waals surface area contributed by atoms with Crippen LogP contribution in [-0.4, -0.2) is 82.2 Å². The van der Waals surface area contributed by atoms with E-state index in [-0.39, 0.29) is 36.2 Å². The molecule has 11 heteroatoms. The number of nitro groups is 1. The molecule has 0 saturated heterocycles. The number of aliphatic hydroxyl groups excluding tert-OH is 1. The summed E-state index contributed by atoms with van der Waals surface area (Å²) in [5.41, 5.74) is 1.01. The van der Waals surface area contributed by atoms with Crippen molar-refractivity contribution >= 4 is 17.6 Å². The predicted octanol–water partition coefficient (Wildman–Crippen LogP) is 2.69. The molecule has 33 heavy (non-hydrogen) atoms. The maximum Gasteiger partial charge on any atom is 0.307 e. The summed E-state index contributed by atoms with van der Waals surface area (Å²) in [6.45, 7) is 4.55. The molecule has 0 bridgehead atoms. The molecule has 1 aliphatic heterocycles. The van der Waals surface area contributed by atoms with Crippen molar-refractivity contribution in [2.75, 3.05) is 46.6 Å². The Morgan fingerprint density at radius 3 is 2.73 bits per heavy atom. The normalized spacial score (nSPS) is 14.5. The van der Waals surface area contributed by atoms with Crippen molar-refractivity contribution in [2.45, 2.75) is 45.6 Å². The Morgan fingerprint density at radius 2 is 2.09 bits per heavy atom. The predicted molar refractivity (Wildman–Crippen MR) is 125 cm³/mol. The molecule has 0 aromatic carbocycles. The third-order valence-corrected chi connectivity index (χ3v) is 5.64. The highest BCUT2D eigenvalue weighted by Crippen LogP contribution is 2.24. The second-order valence-corrected chi connectivity index (χ2v) is 8.42. The molecule has 1 N–H and O–H groups in total. The van der Waals surface area contributed by atoms with E-state index in [2.05, 4.69) is 4.98 Å². The second kappa shape index (κ2) is 14.0. The third-order valence-electron chi connectivity index (χ3n) is 5.42. The highest BCUT2D eigenvalue weighted by molar-refractivity contribution is 6.29. The van der Waals surface area contributed by atoms with Crippen LogP contribution in [0.1, 0.15) is 44.6 Å². The number of rotatable bonds is 14. The monoisotopic (exact) mass is 483 g/mol. The Morgan fingerprint density at radius 1 is 1.33 bits per heavy atom. The molecule has 2 heterocycles. The van der Waals surface area contributed by atoms with E-state index in [0.717, 1.165) is 31.2 Å². The minimum Gasteiger partial charge on any atom is -0.466 e. The van der Waals surface area contributed by atoms with E-state index in [1.807, 2.05) is 34.7 Å². The fourth-order valence-corrected chi connectivity index (χ4v) is 3.88. The molecule has 184 valence electrons. The molecule has 0 radical (unpaired) electrons. The minimum atomic E-state index is -0.342. The van der Waals surface area contributed by atoms with Crippen LogP contribution in [0.15, 0.2) is 29.8 Å². The number of hydrogen-bond acceptors (Lipinski definition) is 9. The van der Waals surface area contributed by atoms with E-state index in [1.165, 1.54) is 0 Å². The van der Waals surface area contributed by atoms with Crippen molar-refractivity contribution in [1.29, 1.82) is 0 Å². The number of carbonyl (C=O) groups is 1. The largest absolute Gasteiger partial charge is 0.466 e. The summed E-state index contributed by atoms with van der Waals surface area (Å²) in [5, 5.41) is 21.1. The molecule has 0 saturated carbocycles. The molecule has 0 fully saturated rings. The van der Waals surface area contributed by atoms with E-state index in [9.17, 15) is 14.9 Å². The first-order valence-electron chi connectivity index (χ1n) is 11.3. The van der Waals surface area contributed by atoms with Crippen molar-refractivity contribution in [1.82, 2.24) is 19.7 Å². The minimum absolute atomic E-state index is 0.102. The Kier molecular flexibility index (Phi) is 11.4. The zero-order valence-corrected chi connectivity index (χ0v) is 20.2. The molecule has 1 aliphatic rings. The summed E-state index contributed by atoms with van der Waals surface area (Å²) in [5.74, 6) is 0.266. The van der Waals surface area contributed by atoms with Crippen molar-refractivity contribution in [3.8, 4) is 0 Å². The van der Waals surface area contributed by atoms with Gasteiger partial charge in [0.1, 0.15) is 5.15 Å². The third kappa shape index (κ3) is 8.79. The number of halogens is 1. The average Bonchev–Trinajstić information content (AvgIpc) is 2.79. The molecule has 0 aliphatic carbocycles. The first-order chi connectivity index (χ1) is 15.8. The molecule has 1 aromatic rings. The summed E-state index contributed by atoms with van der Waals surface area (Å²) in [4.78, 5) is 33.4. The van der Waals surface area contributed by atoms with Crippen LogP contribution < -0.4 is 0 Å². The van der Waals surface area contributed by atoms with Gasteiger partial charge in [-0.3, -0.25) is 19.8 Å².